The molecule has 0 spiro atoms. The van der Waals surface area contributed by atoms with Crippen molar-refractivity contribution in [1.82, 2.24) is 16.0 Å². The third-order valence-corrected chi connectivity index (χ3v) is 4.84. The first-order valence-corrected chi connectivity index (χ1v) is 10.8. The van der Waals surface area contributed by atoms with Crippen LogP contribution in [0.4, 0.5) is 0 Å². The number of carbonyl (C=O) groups is 5. The molecule has 4 amide bonds. The number of nitrogens with one attached hydrogen (secondary N) is 3. The lowest BCUT2D eigenvalue weighted by Crippen LogP contribution is -2.57. The highest BCUT2D eigenvalue weighted by Gasteiger charge is 2.29. The van der Waals surface area contributed by atoms with Crippen LogP contribution in [0.5, 0.6) is 5.75 Å². The number of hydrogen-bond donors (Lipinski definition) is 7. The number of aliphatic carboxylic acids is 1. The average molecular weight is 480 g/mol. The Hall–Kier alpha value is -3.67. The van der Waals surface area contributed by atoms with Crippen LogP contribution in [0, 0.1) is 5.92 Å². The van der Waals surface area contributed by atoms with Gasteiger partial charge in [0.2, 0.25) is 23.6 Å². The van der Waals surface area contributed by atoms with Crippen LogP contribution in [-0.2, 0) is 30.4 Å². The Morgan fingerprint density at radius 1 is 0.882 bits per heavy atom. The van der Waals surface area contributed by atoms with Crippen molar-refractivity contribution in [1.29, 1.82) is 0 Å². The summed E-state index contributed by atoms with van der Waals surface area (Å²) in [6.07, 6.45) is -0.225. The number of carboxylic acid groups (broad SMARTS) is 1. The van der Waals surface area contributed by atoms with Crippen molar-refractivity contribution in [2.75, 3.05) is 0 Å². The van der Waals surface area contributed by atoms with Crippen LogP contribution < -0.4 is 27.4 Å². The standard InChI is InChI=1S/C22H33N5O7/c1-11(2)8-17(22(33)34)27-21(32)16(9-13-4-6-14(28)7-5-13)26-19(30)12(3)25-20(31)15(23)10-18(24)29/h4-7,11-12,15-17,28H,8-10,23H2,1-3H3,(H2,24,29)(H,25,31)(H,26,30)(H,27,32)(H,33,34). The molecule has 0 aliphatic rings. The smallest absolute Gasteiger partial charge is 0.326 e. The summed E-state index contributed by atoms with van der Waals surface area (Å²) in [5, 5.41) is 26.2. The molecule has 1 aromatic rings. The molecule has 9 N–H and O–H groups in total. The van der Waals surface area contributed by atoms with Crippen LogP contribution in [0.15, 0.2) is 24.3 Å². The van der Waals surface area contributed by atoms with Gasteiger partial charge < -0.3 is 37.6 Å². The SMILES string of the molecule is CC(C)CC(NC(=O)C(Cc1ccc(O)cc1)NC(=O)C(C)NC(=O)C(N)CC(N)=O)C(=O)O. The largest absolute Gasteiger partial charge is 0.508 e. The van der Waals surface area contributed by atoms with Crippen molar-refractivity contribution in [3.63, 3.8) is 0 Å². The Labute approximate surface area is 197 Å². The Bertz CT molecular complexity index is 888. The lowest BCUT2D eigenvalue weighted by molar-refractivity contribution is -0.142. The fourth-order valence-electron chi connectivity index (χ4n) is 3.03. The van der Waals surface area contributed by atoms with E-state index in [4.69, 9.17) is 11.5 Å². The molecule has 4 atom stereocenters. The summed E-state index contributed by atoms with van der Waals surface area (Å²) >= 11 is 0. The molecule has 1 rings (SSSR count). The van der Waals surface area contributed by atoms with E-state index < -0.39 is 60.2 Å². The van der Waals surface area contributed by atoms with Gasteiger partial charge in [0.05, 0.1) is 12.5 Å². The van der Waals surface area contributed by atoms with Crippen LogP contribution in [0.25, 0.3) is 0 Å². The van der Waals surface area contributed by atoms with E-state index in [0.29, 0.717) is 5.56 Å². The van der Waals surface area contributed by atoms with Crippen molar-refractivity contribution < 1.29 is 34.2 Å². The summed E-state index contributed by atoms with van der Waals surface area (Å²) in [5.41, 5.74) is 11.2. The monoisotopic (exact) mass is 479 g/mol. The normalized spacial score (nSPS) is 14.4. The predicted molar refractivity (Wildman–Crippen MR) is 122 cm³/mol. The Kier molecular flexibility index (Phi) is 11.0. The van der Waals surface area contributed by atoms with E-state index in [0.717, 1.165) is 0 Å². The van der Waals surface area contributed by atoms with E-state index in [1.54, 1.807) is 12.1 Å². The van der Waals surface area contributed by atoms with Gasteiger partial charge in [-0.05, 0) is 37.0 Å². The van der Waals surface area contributed by atoms with Gasteiger partial charge in [0, 0.05) is 6.42 Å². The minimum Gasteiger partial charge on any atom is -0.508 e. The molecule has 1 aromatic carbocycles. The quantitative estimate of drug-likeness (QED) is 0.181. The van der Waals surface area contributed by atoms with Gasteiger partial charge in [-0.2, -0.15) is 0 Å². The zero-order chi connectivity index (χ0) is 26.0. The minimum absolute atomic E-state index is 0.00622. The maximum atomic E-state index is 12.9. The molecule has 0 fully saturated rings. The van der Waals surface area contributed by atoms with Gasteiger partial charge in [-0.3, -0.25) is 19.2 Å². The van der Waals surface area contributed by atoms with Gasteiger partial charge in [0.25, 0.3) is 0 Å². The lowest BCUT2D eigenvalue weighted by atomic mass is 10.0. The molecule has 0 heterocycles. The molecule has 0 bridgehead atoms. The molecule has 0 saturated carbocycles. The molecule has 0 saturated heterocycles. The molecule has 0 radical (unpaired) electrons. The molecular weight excluding hydrogens is 446 g/mol. The van der Waals surface area contributed by atoms with Crippen LogP contribution in [0.3, 0.4) is 0 Å². The highest BCUT2D eigenvalue weighted by atomic mass is 16.4. The molecular formula is C22H33N5O7. The zero-order valence-electron chi connectivity index (χ0n) is 19.4. The van der Waals surface area contributed by atoms with E-state index in [9.17, 15) is 34.2 Å². The lowest BCUT2D eigenvalue weighted by Gasteiger charge is -2.24. The van der Waals surface area contributed by atoms with E-state index in [1.807, 2.05) is 13.8 Å². The number of rotatable bonds is 13. The van der Waals surface area contributed by atoms with Crippen molar-refractivity contribution in [3.8, 4) is 5.75 Å². The van der Waals surface area contributed by atoms with Gasteiger partial charge in [-0.15, -0.1) is 0 Å². The number of phenolic OH excluding ortho intramolecular Hbond substituents is 1. The van der Waals surface area contributed by atoms with Gasteiger partial charge in [-0.25, -0.2) is 4.79 Å². The van der Waals surface area contributed by atoms with Gasteiger partial charge in [-0.1, -0.05) is 26.0 Å². The van der Waals surface area contributed by atoms with Gasteiger partial charge in [0.1, 0.15) is 23.9 Å². The first kappa shape index (κ1) is 28.4. The molecule has 188 valence electrons. The minimum atomic E-state index is -1.24. The second-order valence-corrected chi connectivity index (χ2v) is 8.47. The third kappa shape index (κ3) is 9.86. The zero-order valence-corrected chi connectivity index (χ0v) is 19.4. The van der Waals surface area contributed by atoms with Crippen LogP contribution in [0.2, 0.25) is 0 Å². The van der Waals surface area contributed by atoms with E-state index in [-0.39, 0.29) is 24.5 Å². The number of aromatic hydroxyl groups is 1. The number of amides is 4. The molecule has 12 heteroatoms. The Morgan fingerprint density at radius 2 is 1.44 bits per heavy atom. The van der Waals surface area contributed by atoms with Crippen molar-refractivity contribution in [3.05, 3.63) is 29.8 Å². The first-order chi connectivity index (χ1) is 15.8. The molecule has 4 unspecified atom stereocenters. The van der Waals surface area contributed by atoms with Crippen LogP contribution in [0.1, 0.15) is 39.2 Å². The summed E-state index contributed by atoms with van der Waals surface area (Å²) in [7, 11) is 0. The summed E-state index contributed by atoms with van der Waals surface area (Å²) in [4.78, 5) is 60.2. The number of carbonyl (C=O) groups excluding carboxylic acids is 4. The number of nitrogens with two attached hydrogens (primary N) is 2. The summed E-state index contributed by atoms with van der Waals surface area (Å²) in [6.45, 7) is 4.98. The van der Waals surface area contributed by atoms with Crippen molar-refractivity contribution in [2.45, 2.75) is 64.2 Å². The number of benzene rings is 1. The highest BCUT2D eigenvalue weighted by molar-refractivity contribution is 5.94. The fraction of sp³-hybridized carbons (Fsp3) is 0.500. The highest BCUT2D eigenvalue weighted by Crippen LogP contribution is 2.12. The number of carboxylic acids is 1. The second kappa shape index (κ2) is 13.1. The van der Waals surface area contributed by atoms with Gasteiger partial charge >= 0.3 is 5.97 Å². The van der Waals surface area contributed by atoms with Gasteiger partial charge in [0.15, 0.2) is 0 Å². The summed E-state index contributed by atoms with van der Waals surface area (Å²) in [6, 6.07) is 1.24. The number of hydrogen-bond acceptors (Lipinski definition) is 7. The average Bonchev–Trinajstić information content (AvgIpc) is 2.73. The van der Waals surface area contributed by atoms with E-state index in [1.165, 1.54) is 19.1 Å². The molecule has 0 aromatic heterocycles. The molecule has 34 heavy (non-hydrogen) atoms. The molecule has 12 nitrogen and oxygen atoms in total. The summed E-state index contributed by atoms with van der Waals surface area (Å²) in [5.74, 6) is -4.20. The fourth-order valence-corrected chi connectivity index (χ4v) is 3.03. The summed E-state index contributed by atoms with van der Waals surface area (Å²) < 4.78 is 0. The number of phenols is 1. The van der Waals surface area contributed by atoms with E-state index in [2.05, 4.69) is 16.0 Å². The predicted octanol–water partition coefficient (Wildman–Crippen LogP) is -1.26. The van der Waals surface area contributed by atoms with Crippen LogP contribution >= 0.6 is 0 Å². The first-order valence-electron chi connectivity index (χ1n) is 10.8. The molecule has 0 aliphatic carbocycles. The topological polar surface area (TPSA) is 214 Å². The Balaban J connectivity index is 2.98. The third-order valence-electron chi connectivity index (χ3n) is 4.84. The van der Waals surface area contributed by atoms with Crippen molar-refractivity contribution in [2.24, 2.45) is 17.4 Å². The maximum Gasteiger partial charge on any atom is 0.326 e. The molecule has 0 aliphatic heterocycles. The van der Waals surface area contributed by atoms with Crippen molar-refractivity contribution >= 4 is 29.6 Å². The van der Waals surface area contributed by atoms with E-state index >= 15 is 0 Å². The van der Waals surface area contributed by atoms with Crippen LogP contribution in [-0.4, -0.2) is 64.0 Å². The second-order valence-electron chi connectivity index (χ2n) is 8.47. The number of primary amides is 1. The Morgan fingerprint density at radius 3 is 1.94 bits per heavy atom. The maximum absolute atomic E-state index is 12.9.